The van der Waals surface area contributed by atoms with Crippen molar-refractivity contribution >= 4 is 31.1 Å². The summed E-state index contributed by atoms with van der Waals surface area (Å²) in [6.45, 7) is 9.03. The second-order valence-electron chi connectivity index (χ2n) is 12.3. The van der Waals surface area contributed by atoms with Crippen molar-refractivity contribution in [2.24, 2.45) is 0 Å². The minimum atomic E-state index is 0.104. The molecule has 0 spiro atoms. The van der Waals surface area contributed by atoms with Crippen LogP contribution in [0.15, 0.2) is 48.5 Å². The van der Waals surface area contributed by atoms with Crippen molar-refractivity contribution < 1.29 is 0 Å². The van der Waals surface area contributed by atoms with Gasteiger partial charge in [0.25, 0.3) is 0 Å². The summed E-state index contributed by atoms with van der Waals surface area (Å²) in [7, 11) is 3.75. The summed E-state index contributed by atoms with van der Waals surface area (Å²) < 4.78 is 14.6. The molecule has 4 aromatic rings. The van der Waals surface area contributed by atoms with Gasteiger partial charge in [0, 0.05) is 19.4 Å². The first-order valence-corrected chi connectivity index (χ1v) is 16.8. The topological polar surface area (TPSA) is 25.8 Å². The van der Waals surface area contributed by atoms with Crippen LogP contribution in [0.3, 0.4) is 0 Å². The van der Waals surface area contributed by atoms with E-state index in [1.165, 1.54) is 135 Å². The van der Waals surface area contributed by atoms with Gasteiger partial charge in [-0.1, -0.05) is 139 Å². The van der Waals surface area contributed by atoms with Crippen molar-refractivity contribution in [1.82, 2.24) is 8.75 Å². The van der Waals surface area contributed by atoms with E-state index in [4.69, 9.17) is 5.71 Å². The molecule has 0 amide bonds. The molecule has 0 saturated heterocycles. The van der Waals surface area contributed by atoms with Crippen LogP contribution in [0.2, 0.25) is 0 Å². The Kier molecular flexibility index (Phi) is 10.7. The minimum absolute atomic E-state index is 0.104. The zero-order chi connectivity index (χ0) is 30.0. The van der Waals surface area contributed by atoms with Crippen molar-refractivity contribution in [3.05, 3.63) is 70.8 Å². The van der Waals surface area contributed by atoms with Crippen LogP contribution < -0.4 is 0 Å². The molecule has 0 saturated carbocycles. The van der Waals surface area contributed by atoms with Crippen molar-refractivity contribution in [3.8, 4) is 22.3 Å². The van der Waals surface area contributed by atoms with E-state index in [0.717, 1.165) is 11.0 Å². The number of aryl methyl sites for hydroxylation is 2. The Labute approximate surface area is 256 Å². The van der Waals surface area contributed by atoms with Crippen molar-refractivity contribution in [2.75, 3.05) is 0 Å². The molecule has 1 aromatic heterocycles. The van der Waals surface area contributed by atoms with Crippen LogP contribution >= 0.6 is 11.7 Å². The Morgan fingerprint density at radius 3 is 1.83 bits per heavy atom. The fourth-order valence-electron chi connectivity index (χ4n) is 7.08. The highest BCUT2D eigenvalue weighted by molar-refractivity contribution is 7.00. The van der Waals surface area contributed by atoms with Crippen molar-refractivity contribution in [1.29, 1.82) is 1.34 Å². The molecule has 2 radical (unpaired) electrons. The molecule has 41 heavy (non-hydrogen) atoms. The molecule has 0 N–H and O–H groups in total. The summed E-state index contributed by atoms with van der Waals surface area (Å²) in [6.07, 6.45) is 18.7. The first kappa shape index (κ1) is 30.0. The minimum Gasteiger partial charge on any atom is -0.173 e. The van der Waals surface area contributed by atoms with Gasteiger partial charge in [0.05, 0.1) is 11.7 Å². The van der Waals surface area contributed by atoms with Gasteiger partial charge < -0.3 is 0 Å². The van der Waals surface area contributed by atoms with Crippen LogP contribution in [0, 0.1) is 13.8 Å². The molecular weight excluding hydrogens is 515 g/mol. The molecule has 1 aliphatic carbocycles. The van der Waals surface area contributed by atoms with Gasteiger partial charge in [-0.05, 0) is 67.5 Å². The number of hydrogen-bond donors (Lipinski definition) is 0. The molecule has 0 aliphatic heterocycles. The molecule has 2 nitrogen and oxygen atoms in total. The van der Waals surface area contributed by atoms with E-state index in [2.05, 4.69) is 89.0 Å². The fraction of sp³-hybridized carbons (Fsp3) is 0.514. The number of hydrogen-bond acceptors (Lipinski definition) is 3. The number of rotatable bonds is 15. The monoisotopic (exact) mass is 566 g/mol. The van der Waals surface area contributed by atoms with Crippen LogP contribution in [0.25, 0.3) is 33.3 Å². The predicted molar refractivity (Wildman–Crippen MR) is 182 cm³/mol. The second kappa shape index (κ2) is 14.6. The Morgan fingerprint density at radius 2 is 1.17 bits per heavy atom. The van der Waals surface area contributed by atoms with E-state index in [1.807, 2.05) is 0 Å². The number of nitrogens with zero attached hydrogens (tertiary/aromatic N) is 2. The van der Waals surface area contributed by atoms with Gasteiger partial charge in [0.1, 0.15) is 11.0 Å². The van der Waals surface area contributed by atoms with Gasteiger partial charge in [-0.25, -0.2) is 0 Å². The third kappa shape index (κ3) is 6.64. The zero-order valence-corrected chi connectivity index (χ0v) is 26.7. The molecule has 1 aliphatic rings. The molecule has 1 heterocycles. The number of fused-ring (bicyclic) bond motifs is 4. The number of benzene rings is 3. The van der Waals surface area contributed by atoms with E-state index in [9.17, 15) is 0 Å². The predicted octanol–water partition coefficient (Wildman–Crippen LogP) is 11.1. The van der Waals surface area contributed by atoms with Crippen molar-refractivity contribution in [3.63, 3.8) is 0 Å². The summed E-state index contributed by atoms with van der Waals surface area (Å²) in [6, 6.07) is 19.0. The van der Waals surface area contributed by atoms with Gasteiger partial charge in [-0.15, -0.1) is 0 Å². The van der Waals surface area contributed by atoms with Crippen LogP contribution in [-0.2, 0) is 5.41 Å². The van der Waals surface area contributed by atoms with Gasteiger partial charge in [0.15, 0.2) is 0 Å². The van der Waals surface area contributed by atoms with E-state index in [0.29, 0.717) is 0 Å². The summed E-state index contributed by atoms with van der Waals surface area (Å²) >= 11 is 1.33. The first-order valence-electron chi connectivity index (χ1n) is 16.6. The van der Waals surface area contributed by atoms with E-state index in [-0.39, 0.29) is 5.41 Å². The lowest BCUT2D eigenvalue weighted by molar-refractivity contribution is 0.398. The van der Waals surface area contributed by atoms with E-state index < -0.39 is 0 Å². The molecule has 0 atom stereocenters. The standard InChI is InChI=1S/C37H48N2S.BH/c1-5-7-9-11-13-15-23-37(24-16-14-12-10-8-6-2)33-25-27(3)17-20-31(33)32-22-19-29(26-34(32)37)30-21-18-28(4)35-36(30)39-40-38-35;/h17-22,25-26H,5-16,23-24H2,1-4H3;1H/i;1T. The Morgan fingerprint density at radius 1 is 0.634 bits per heavy atom. The van der Waals surface area contributed by atoms with Gasteiger partial charge in [-0.2, -0.15) is 8.75 Å². The lowest BCUT2D eigenvalue weighted by Gasteiger charge is -2.33. The molecule has 5 rings (SSSR count). The summed E-state index contributed by atoms with van der Waals surface area (Å²) in [5.41, 5.74) is 13.4. The first-order chi connectivity index (χ1) is 20.6. The van der Waals surface area contributed by atoms with Gasteiger partial charge in [0.2, 0.25) is 0 Å². The maximum atomic E-state index is 5.25. The Bertz CT molecular complexity index is 1410. The lowest BCUT2D eigenvalue weighted by Crippen LogP contribution is -2.25. The largest absolute Gasteiger partial charge is 0.173 e. The fourth-order valence-corrected chi connectivity index (χ4v) is 7.70. The third-order valence-electron chi connectivity index (χ3n) is 9.36. The Balaban J connectivity index is 0.00000198. The summed E-state index contributed by atoms with van der Waals surface area (Å²) in [5, 5.41) is 0. The molecule has 3 aromatic carbocycles. The smallest absolute Gasteiger partial charge is 0.112 e. The molecule has 216 valence electrons. The maximum absolute atomic E-state index is 5.25. The van der Waals surface area contributed by atoms with Crippen LogP contribution in [0.4, 0.5) is 0 Å². The lowest BCUT2D eigenvalue weighted by atomic mass is 9.70. The zero-order valence-electron chi connectivity index (χ0n) is 26.9. The number of unbranched alkanes of at least 4 members (excludes halogenated alkanes) is 10. The van der Waals surface area contributed by atoms with E-state index >= 15 is 0 Å². The average Bonchev–Trinajstić information content (AvgIpc) is 3.61. The summed E-state index contributed by atoms with van der Waals surface area (Å²) in [5.74, 6) is 0. The maximum Gasteiger partial charge on any atom is 0.112 e. The third-order valence-corrected chi connectivity index (χ3v) is 9.89. The highest BCUT2D eigenvalue weighted by atomic mass is 32.1. The Hall–Kier alpha value is -2.46. The van der Waals surface area contributed by atoms with Gasteiger partial charge >= 0.3 is 0 Å². The molecule has 4 heteroatoms. The number of aromatic nitrogens is 2. The van der Waals surface area contributed by atoms with Crippen LogP contribution in [-0.4, -0.2) is 18.5 Å². The molecule has 0 fully saturated rings. The van der Waals surface area contributed by atoms with Crippen LogP contribution in [0.1, 0.15) is 126 Å². The normalized spacial score (nSPS) is 13.4. The summed E-state index contributed by atoms with van der Waals surface area (Å²) in [4.78, 5) is 0. The molecule has 0 unspecified atom stereocenters. The quantitative estimate of drug-likeness (QED) is 0.106. The average molecular weight is 567 g/mol. The highest BCUT2D eigenvalue weighted by Gasteiger charge is 2.42. The highest BCUT2D eigenvalue weighted by Crippen LogP contribution is 2.55. The van der Waals surface area contributed by atoms with E-state index in [1.54, 1.807) is 11.1 Å². The van der Waals surface area contributed by atoms with Gasteiger partial charge in [-0.3, -0.25) is 0 Å². The van der Waals surface area contributed by atoms with Crippen molar-refractivity contribution in [2.45, 2.75) is 123 Å². The molecular formula is C37H49BN2S. The SMILES string of the molecule is CCCCCCCCC1(CCCCCCCC)c2cc(C)ccc2-c2ccc(-c3ccc(C)c4nsnc34)cc21.[3H][B]. The molecule has 0 bridgehead atoms. The second-order valence-corrected chi connectivity index (χ2v) is 12.8. The van der Waals surface area contributed by atoms with Crippen LogP contribution in [0.5, 0.6) is 0 Å².